The van der Waals surface area contributed by atoms with Crippen molar-refractivity contribution in [2.45, 2.75) is 20.3 Å². The van der Waals surface area contributed by atoms with Gasteiger partial charge in [0.15, 0.2) is 5.82 Å². The van der Waals surface area contributed by atoms with Gasteiger partial charge in [-0.1, -0.05) is 17.3 Å². The van der Waals surface area contributed by atoms with Gasteiger partial charge in [0.25, 0.3) is 0 Å². The highest BCUT2D eigenvalue weighted by molar-refractivity contribution is 5.76. The summed E-state index contributed by atoms with van der Waals surface area (Å²) in [5, 5.41) is 3.86. The number of nitrogen functional groups attached to an aromatic ring is 1. The summed E-state index contributed by atoms with van der Waals surface area (Å²) in [7, 11) is 1.65. The molecule has 108 valence electrons. The lowest BCUT2D eigenvalue weighted by Gasteiger charge is -2.08. The molecule has 0 saturated carbocycles. The van der Waals surface area contributed by atoms with Gasteiger partial charge in [-0.3, -0.25) is 0 Å². The first kappa shape index (κ1) is 14.4. The molecule has 0 amide bonds. The number of hydrogen-bond acceptors (Lipinski definition) is 5. The van der Waals surface area contributed by atoms with Crippen molar-refractivity contribution in [3.63, 3.8) is 0 Å². The van der Waals surface area contributed by atoms with Crippen molar-refractivity contribution in [1.82, 2.24) is 5.16 Å². The van der Waals surface area contributed by atoms with E-state index in [2.05, 4.69) is 5.16 Å². The third-order valence-electron chi connectivity index (χ3n) is 3.16. The highest BCUT2D eigenvalue weighted by Gasteiger charge is 2.16. The molecule has 0 spiro atoms. The zero-order valence-electron chi connectivity index (χ0n) is 12.1. The molecule has 1 aromatic carbocycles. The van der Waals surface area contributed by atoms with Gasteiger partial charge in [0.2, 0.25) is 0 Å². The van der Waals surface area contributed by atoms with Crippen molar-refractivity contribution >= 4 is 5.82 Å². The molecule has 0 bridgehead atoms. The van der Waals surface area contributed by atoms with Crippen LogP contribution in [0.3, 0.4) is 0 Å². The number of aromatic nitrogens is 1. The molecule has 20 heavy (non-hydrogen) atoms. The first-order valence-electron chi connectivity index (χ1n) is 6.64. The van der Waals surface area contributed by atoms with E-state index in [-0.39, 0.29) is 0 Å². The summed E-state index contributed by atoms with van der Waals surface area (Å²) in [6.45, 7) is 5.22. The van der Waals surface area contributed by atoms with Crippen molar-refractivity contribution in [1.29, 1.82) is 0 Å². The predicted molar refractivity (Wildman–Crippen MR) is 77.8 cm³/mol. The largest absolute Gasteiger partial charge is 0.496 e. The average molecular weight is 276 g/mol. The van der Waals surface area contributed by atoms with Gasteiger partial charge in [0.1, 0.15) is 11.5 Å². The molecule has 2 N–H and O–H groups in total. The zero-order valence-corrected chi connectivity index (χ0v) is 12.1. The molecule has 0 atom stereocenters. The van der Waals surface area contributed by atoms with E-state index >= 15 is 0 Å². The van der Waals surface area contributed by atoms with Gasteiger partial charge in [-0.05, 0) is 31.0 Å². The number of methoxy groups -OCH3 is 1. The molecule has 0 aliphatic rings. The van der Waals surface area contributed by atoms with E-state index in [1.165, 1.54) is 0 Å². The number of hydrogen-bond donors (Lipinski definition) is 1. The fourth-order valence-electron chi connectivity index (χ4n) is 2.10. The van der Waals surface area contributed by atoms with Gasteiger partial charge in [-0.25, -0.2) is 0 Å². The monoisotopic (exact) mass is 276 g/mol. The van der Waals surface area contributed by atoms with Crippen molar-refractivity contribution in [2.24, 2.45) is 0 Å². The number of ether oxygens (including phenoxy) is 2. The van der Waals surface area contributed by atoms with Crippen LogP contribution in [0, 0.1) is 6.92 Å². The normalized spacial score (nSPS) is 10.8. The topological polar surface area (TPSA) is 70.5 Å². The summed E-state index contributed by atoms with van der Waals surface area (Å²) in [6, 6.07) is 5.93. The Morgan fingerprint density at radius 3 is 2.85 bits per heavy atom. The maximum Gasteiger partial charge on any atom is 0.175 e. The summed E-state index contributed by atoms with van der Waals surface area (Å²) < 4.78 is 16.0. The van der Waals surface area contributed by atoms with Gasteiger partial charge in [-0.15, -0.1) is 0 Å². The van der Waals surface area contributed by atoms with Crippen LogP contribution in [0.2, 0.25) is 0 Å². The molecule has 2 rings (SSSR count). The third kappa shape index (κ3) is 2.93. The van der Waals surface area contributed by atoms with Crippen LogP contribution in [0.25, 0.3) is 11.1 Å². The van der Waals surface area contributed by atoms with Crippen molar-refractivity contribution in [3.05, 3.63) is 29.5 Å². The summed E-state index contributed by atoms with van der Waals surface area (Å²) in [4.78, 5) is 0. The molecule has 0 aliphatic carbocycles. The molecule has 0 fully saturated rings. The Labute approximate surface area is 118 Å². The first-order valence-corrected chi connectivity index (χ1v) is 6.64. The van der Waals surface area contributed by atoms with Crippen LogP contribution in [0.15, 0.2) is 22.7 Å². The molecule has 0 aliphatic heterocycles. The number of rotatable bonds is 6. The zero-order chi connectivity index (χ0) is 14.5. The molecule has 0 unspecified atom stereocenters. The standard InChI is InChI=1S/C15H20N2O3/c1-4-19-8-7-12-14(15(16)17-20-12)11-6-5-10(2)13(9-11)18-3/h5-6,9H,4,7-8H2,1-3H3,(H2,16,17). The van der Waals surface area contributed by atoms with Crippen molar-refractivity contribution in [2.75, 3.05) is 26.1 Å². The third-order valence-corrected chi connectivity index (χ3v) is 3.16. The second-order valence-electron chi connectivity index (χ2n) is 4.50. The molecule has 2 aromatic rings. The number of nitrogens with two attached hydrogens (primary N) is 1. The first-order chi connectivity index (χ1) is 9.67. The molecular weight excluding hydrogens is 256 g/mol. The Kier molecular flexibility index (Phi) is 4.63. The second-order valence-corrected chi connectivity index (χ2v) is 4.50. The fraction of sp³-hybridized carbons (Fsp3) is 0.400. The lowest BCUT2D eigenvalue weighted by molar-refractivity contribution is 0.145. The van der Waals surface area contributed by atoms with Gasteiger partial charge in [0.05, 0.1) is 19.3 Å². The molecule has 5 nitrogen and oxygen atoms in total. The minimum Gasteiger partial charge on any atom is -0.496 e. The summed E-state index contributed by atoms with van der Waals surface area (Å²) in [5.41, 5.74) is 8.76. The number of anilines is 1. The van der Waals surface area contributed by atoms with E-state index in [1.807, 2.05) is 32.0 Å². The molecule has 0 radical (unpaired) electrons. The maximum absolute atomic E-state index is 5.92. The molecule has 0 saturated heterocycles. The van der Waals surface area contributed by atoms with Gasteiger partial charge < -0.3 is 19.7 Å². The highest BCUT2D eigenvalue weighted by atomic mass is 16.5. The van der Waals surface area contributed by atoms with E-state index in [0.29, 0.717) is 25.5 Å². The minimum absolute atomic E-state index is 0.391. The summed E-state index contributed by atoms with van der Waals surface area (Å²) in [6.07, 6.45) is 0.642. The number of benzene rings is 1. The number of nitrogens with zero attached hydrogens (tertiary/aromatic N) is 1. The van der Waals surface area contributed by atoms with Crippen LogP contribution in [-0.2, 0) is 11.2 Å². The van der Waals surface area contributed by atoms with Crippen LogP contribution in [0.4, 0.5) is 5.82 Å². The SMILES string of the molecule is CCOCCc1onc(N)c1-c1ccc(C)c(OC)c1. The maximum atomic E-state index is 5.92. The van der Waals surface area contributed by atoms with Crippen molar-refractivity contribution < 1.29 is 14.0 Å². The van der Waals surface area contributed by atoms with E-state index in [1.54, 1.807) is 7.11 Å². The van der Waals surface area contributed by atoms with E-state index < -0.39 is 0 Å². The molecule has 5 heteroatoms. The Morgan fingerprint density at radius 2 is 2.15 bits per heavy atom. The number of aryl methyl sites for hydroxylation is 1. The lowest BCUT2D eigenvalue weighted by atomic mass is 10.0. The summed E-state index contributed by atoms with van der Waals surface area (Å²) in [5.74, 6) is 1.95. The van der Waals surface area contributed by atoms with E-state index in [0.717, 1.165) is 28.2 Å². The van der Waals surface area contributed by atoms with Crippen LogP contribution in [-0.4, -0.2) is 25.5 Å². The summed E-state index contributed by atoms with van der Waals surface area (Å²) >= 11 is 0. The molecule has 1 heterocycles. The Morgan fingerprint density at radius 1 is 1.35 bits per heavy atom. The van der Waals surface area contributed by atoms with E-state index in [9.17, 15) is 0 Å². The Hall–Kier alpha value is -2.01. The quantitative estimate of drug-likeness (QED) is 0.821. The van der Waals surface area contributed by atoms with Crippen LogP contribution in [0.5, 0.6) is 5.75 Å². The Bertz CT molecular complexity index is 578. The fourth-order valence-corrected chi connectivity index (χ4v) is 2.10. The van der Waals surface area contributed by atoms with E-state index in [4.69, 9.17) is 19.7 Å². The Balaban J connectivity index is 2.34. The van der Waals surface area contributed by atoms with Crippen molar-refractivity contribution in [3.8, 4) is 16.9 Å². The molecular formula is C15H20N2O3. The predicted octanol–water partition coefficient (Wildman–Crippen LogP) is 2.82. The highest BCUT2D eigenvalue weighted by Crippen LogP contribution is 2.33. The molecule has 1 aromatic heterocycles. The van der Waals surface area contributed by atoms with Gasteiger partial charge >= 0.3 is 0 Å². The van der Waals surface area contributed by atoms with Crippen LogP contribution >= 0.6 is 0 Å². The van der Waals surface area contributed by atoms with Crippen LogP contribution < -0.4 is 10.5 Å². The minimum atomic E-state index is 0.391. The van der Waals surface area contributed by atoms with Gasteiger partial charge in [-0.2, -0.15) is 0 Å². The second kappa shape index (κ2) is 6.43. The smallest absolute Gasteiger partial charge is 0.175 e. The van der Waals surface area contributed by atoms with Crippen LogP contribution in [0.1, 0.15) is 18.2 Å². The van der Waals surface area contributed by atoms with Gasteiger partial charge in [0, 0.05) is 13.0 Å². The average Bonchev–Trinajstić information content (AvgIpc) is 2.81. The lowest BCUT2D eigenvalue weighted by Crippen LogP contribution is -1.99.